The molecule has 0 radical (unpaired) electrons. The van der Waals surface area contributed by atoms with E-state index in [0.717, 1.165) is 17.5 Å². The van der Waals surface area contributed by atoms with Crippen LogP contribution >= 0.6 is 0 Å². The number of carbonyl (C=O) groups excluding carboxylic acids is 1. The summed E-state index contributed by atoms with van der Waals surface area (Å²) < 4.78 is 0. The Morgan fingerprint density at radius 1 is 0.941 bits per heavy atom. The minimum Gasteiger partial charge on any atom is -0.295 e. The molecule has 0 N–H and O–H groups in total. The lowest BCUT2D eigenvalue weighted by Crippen LogP contribution is -1.97. The average Bonchev–Trinajstić information content (AvgIpc) is 2.45. The number of benzene rings is 1. The van der Waals surface area contributed by atoms with Crippen molar-refractivity contribution in [3.8, 4) is 0 Å². The topological polar surface area (TPSA) is 17.1 Å². The first-order chi connectivity index (χ1) is 8.25. The van der Waals surface area contributed by atoms with E-state index in [1.165, 1.54) is 0 Å². The molecular weight excluding hydrogens is 208 g/mol. The van der Waals surface area contributed by atoms with Gasteiger partial charge >= 0.3 is 0 Å². The van der Waals surface area contributed by atoms with E-state index in [1.54, 1.807) is 6.92 Å². The van der Waals surface area contributed by atoms with E-state index in [2.05, 4.69) is 6.92 Å². The van der Waals surface area contributed by atoms with Crippen LogP contribution in [0.25, 0.3) is 0 Å². The molecule has 0 aromatic heterocycles. The molecule has 0 fully saturated rings. The van der Waals surface area contributed by atoms with Crippen molar-refractivity contribution in [2.75, 3.05) is 0 Å². The highest BCUT2D eigenvalue weighted by molar-refractivity contribution is 5.95. The number of hydrogen-bond donors (Lipinski definition) is 0. The van der Waals surface area contributed by atoms with Crippen molar-refractivity contribution < 1.29 is 4.79 Å². The third-order valence-electron chi connectivity index (χ3n) is 1.78. The number of rotatable bonds is 2. The lowest BCUT2D eigenvalue weighted by atomic mass is 10.0. The van der Waals surface area contributed by atoms with Crippen LogP contribution in [0.4, 0.5) is 0 Å². The number of aryl methyl sites for hydroxylation is 1. The average molecular weight is 238 g/mol. The Bertz CT molecular complexity index is 264. The standard InChI is InChI=1S/C10H12O.3C2H6/c1-3-9-6-4-5-7-10(9)8(2)11;3*1-2/h4-7H,3H2,1-2H3;3*1-2H3. The maximum absolute atomic E-state index is 11.0. The molecule has 1 rings (SSSR count). The zero-order valence-corrected chi connectivity index (χ0v) is 12.9. The summed E-state index contributed by atoms with van der Waals surface area (Å²) in [4.78, 5) is 11.0. The molecule has 0 saturated heterocycles. The molecule has 0 aliphatic heterocycles. The van der Waals surface area contributed by atoms with E-state index < -0.39 is 0 Å². The van der Waals surface area contributed by atoms with Gasteiger partial charge in [-0.1, -0.05) is 72.7 Å². The predicted octanol–water partition coefficient (Wildman–Crippen LogP) is 5.53. The molecule has 100 valence electrons. The fourth-order valence-corrected chi connectivity index (χ4v) is 1.17. The molecule has 0 atom stereocenters. The van der Waals surface area contributed by atoms with Crippen LogP contribution in [0, 0.1) is 0 Å². The van der Waals surface area contributed by atoms with Crippen molar-refractivity contribution in [2.24, 2.45) is 0 Å². The van der Waals surface area contributed by atoms with Crippen molar-refractivity contribution >= 4 is 5.78 Å². The number of carbonyl (C=O) groups is 1. The van der Waals surface area contributed by atoms with Gasteiger partial charge in [-0.25, -0.2) is 0 Å². The Hall–Kier alpha value is -1.11. The van der Waals surface area contributed by atoms with Gasteiger partial charge in [0.15, 0.2) is 5.78 Å². The van der Waals surface area contributed by atoms with E-state index in [-0.39, 0.29) is 5.78 Å². The van der Waals surface area contributed by atoms with Crippen LogP contribution in [0.15, 0.2) is 24.3 Å². The summed E-state index contributed by atoms with van der Waals surface area (Å²) in [5.74, 6) is 0.155. The molecule has 0 heterocycles. The Morgan fingerprint density at radius 3 is 1.65 bits per heavy atom. The smallest absolute Gasteiger partial charge is 0.160 e. The van der Waals surface area contributed by atoms with Crippen LogP contribution in [0.5, 0.6) is 0 Å². The van der Waals surface area contributed by atoms with E-state index in [1.807, 2.05) is 65.8 Å². The first-order valence-electron chi connectivity index (χ1n) is 6.84. The second kappa shape index (κ2) is 17.3. The first-order valence-corrected chi connectivity index (χ1v) is 6.84. The summed E-state index contributed by atoms with van der Waals surface area (Å²) in [6.07, 6.45) is 0.926. The molecule has 0 bridgehead atoms. The van der Waals surface area contributed by atoms with Crippen LogP contribution in [-0.4, -0.2) is 5.78 Å². The molecule has 0 amide bonds. The molecule has 17 heavy (non-hydrogen) atoms. The van der Waals surface area contributed by atoms with Gasteiger partial charge in [-0.3, -0.25) is 4.79 Å². The van der Waals surface area contributed by atoms with Crippen LogP contribution in [0.3, 0.4) is 0 Å². The Balaban J connectivity index is -0.000000285. The van der Waals surface area contributed by atoms with Gasteiger partial charge in [0.1, 0.15) is 0 Å². The molecule has 0 unspecified atom stereocenters. The lowest BCUT2D eigenvalue weighted by molar-refractivity contribution is 0.101. The zero-order chi connectivity index (χ0) is 14.3. The molecular formula is C16H30O. The quantitative estimate of drug-likeness (QED) is 0.619. The van der Waals surface area contributed by atoms with Gasteiger partial charge in [0.2, 0.25) is 0 Å². The van der Waals surface area contributed by atoms with Crippen LogP contribution in [0.2, 0.25) is 0 Å². The van der Waals surface area contributed by atoms with Crippen LogP contribution in [0.1, 0.15) is 71.3 Å². The first kappa shape index (κ1) is 21.2. The minimum atomic E-state index is 0.155. The highest BCUT2D eigenvalue weighted by Gasteiger charge is 2.02. The van der Waals surface area contributed by atoms with Gasteiger partial charge in [-0.05, 0) is 18.9 Å². The monoisotopic (exact) mass is 238 g/mol. The molecule has 1 heteroatoms. The molecule has 1 nitrogen and oxygen atoms in total. The summed E-state index contributed by atoms with van der Waals surface area (Å²) in [6.45, 7) is 15.7. The van der Waals surface area contributed by atoms with Crippen molar-refractivity contribution in [1.82, 2.24) is 0 Å². The van der Waals surface area contributed by atoms with Gasteiger partial charge in [-0.15, -0.1) is 0 Å². The zero-order valence-electron chi connectivity index (χ0n) is 12.9. The number of hydrogen-bond acceptors (Lipinski definition) is 1. The largest absolute Gasteiger partial charge is 0.295 e. The third-order valence-corrected chi connectivity index (χ3v) is 1.78. The van der Waals surface area contributed by atoms with Crippen LogP contribution in [-0.2, 0) is 6.42 Å². The maximum atomic E-state index is 11.0. The highest BCUT2D eigenvalue weighted by atomic mass is 16.1. The molecule has 0 spiro atoms. The summed E-state index contributed by atoms with van der Waals surface area (Å²) in [5, 5.41) is 0. The van der Waals surface area contributed by atoms with Crippen molar-refractivity contribution in [3.63, 3.8) is 0 Å². The van der Waals surface area contributed by atoms with Crippen molar-refractivity contribution in [1.29, 1.82) is 0 Å². The number of ketones is 1. The molecule has 1 aromatic carbocycles. The maximum Gasteiger partial charge on any atom is 0.160 e. The molecule has 0 saturated carbocycles. The summed E-state index contributed by atoms with van der Waals surface area (Å²) >= 11 is 0. The molecule has 1 aromatic rings. The van der Waals surface area contributed by atoms with Gasteiger partial charge in [0.05, 0.1) is 0 Å². The van der Waals surface area contributed by atoms with E-state index >= 15 is 0 Å². The summed E-state index contributed by atoms with van der Waals surface area (Å²) in [5.41, 5.74) is 2.00. The number of Topliss-reactive ketones (excluding diaryl/α,β-unsaturated/α-hetero) is 1. The third kappa shape index (κ3) is 9.80. The normalized spacial score (nSPS) is 7.29. The van der Waals surface area contributed by atoms with Crippen molar-refractivity contribution in [2.45, 2.75) is 61.8 Å². The lowest BCUT2D eigenvalue weighted by Gasteiger charge is -2.01. The van der Waals surface area contributed by atoms with Gasteiger partial charge in [0, 0.05) is 5.56 Å². The summed E-state index contributed by atoms with van der Waals surface area (Å²) in [6, 6.07) is 7.74. The molecule has 0 aliphatic carbocycles. The van der Waals surface area contributed by atoms with Crippen LogP contribution < -0.4 is 0 Å². The Labute approximate surface area is 108 Å². The van der Waals surface area contributed by atoms with E-state index in [0.29, 0.717) is 0 Å². The fraction of sp³-hybridized carbons (Fsp3) is 0.562. The Kier molecular flexibility index (Phi) is 21.6. The Morgan fingerprint density at radius 2 is 1.35 bits per heavy atom. The van der Waals surface area contributed by atoms with Crippen molar-refractivity contribution in [3.05, 3.63) is 35.4 Å². The van der Waals surface area contributed by atoms with E-state index in [9.17, 15) is 4.79 Å². The highest BCUT2D eigenvalue weighted by Crippen LogP contribution is 2.09. The molecule has 0 aliphatic rings. The predicted molar refractivity (Wildman–Crippen MR) is 79.9 cm³/mol. The summed E-state index contributed by atoms with van der Waals surface area (Å²) in [7, 11) is 0. The van der Waals surface area contributed by atoms with Gasteiger partial charge in [0.25, 0.3) is 0 Å². The second-order valence-corrected chi connectivity index (χ2v) is 2.57. The second-order valence-electron chi connectivity index (χ2n) is 2.57. The van der Waals surface area contributed by atoms with Gasteiger partial charge < -0.3 is 0 Å². The van der Waals surface area contributed by atoms with Gasteiger partial charge in [-0.2, -0.15) is 0 Å². The van der Waals surface area contributed by atoms with E-state index in [4.69, 9.17) is 0 Å². The minimum absolute atomic E-state index is 0.155. The fourth-order valence-electron chi connectivity index (χ4n) is 1.17. The SMILES string of the molecule is CC.CC.CC.CCc1ccccc1C(C)=O.